The number of aryl methyl sites for hydroxylation is 1. The lowest BCUT2D eigenvalue weighted by Gasteiger charge is -2.15. The lowest BCUT2D eigenvalue weighted by atomic mass is 10.2. The molecule has 10 heteroatoms. The molecule has 1 heterocycles. The molecule has 0 N–H and O–H groups in total. The second-order valence-electron chi connectivity index (χ2n) is 7.84. The van der Waals surface area contributed by atoms with E-state index >= 15 is 0 Å². The third-order valence-corrected chi connectivity index (χ3v) is 7.95. The van der Waals surface area contributed by atoms with E-state index in [1.165, 1.54) is 23.9 Å². The summed E-state index contributed by atoms with van der Waals surface area (Å²) in [4.78, 5) is 17.9. The fourth-order valence-corrected chi connectivity index (χ4v) is 4.88. The summed E-state index contributed by atoms with van der Waals surface area (Å²) in [5.74, 6) is 1.14. The lowest BCUT2D eigenvalue weighted by Crippen LogP contribution is -2.22. The molecular formula is C26H21Br3FN3O3. The van der Waals surface area contributed by atoms with Crippen LogP contribution in [0.4, 0.5) is 4.39 Å². The van der Waals surface area contributed by atoms with Gasteiger partial charge in [0.1, 0.15) is 18.2 Å². The number of halogens is 4. The van der Waals surface area contributed by atoms with E-state index in [-0.39, 0.29) is 18.0 Å². The maximum absolute atomic E-state index is 13.5. The number of ether oxygens (including phenoxy) is 2. The summed E-state index contributed by atoms with van der Waals surface area (Å²) < 4.78 is 28.4. The highest BCUT2D eigenvalue weighted by Gasteiger charge is 2.17. The van der Waals surface area contributed by atoms with E-state index in [1.54, 1.807) is 30.5 Å². The Kier molecular flexibility index (Phi) is 8.58. The number of nitrogens with zero attached hydrogens (tertiary/aromatic N) is 3. The summed E-state index contributed by atoms with van der Waals surface area (Å²) in [5, 5.41) is 4.97. The fraction of sp³-hybridized carbons (Fsp3) is 0.192. The van der Waals surface area contributed by atoms with E-state index in [2.05, 4.69) is 57.9 Å². The van der Waals surface area contributed by atoms with Gasteiger partial charge in [-0.25, -0.2) is 9.37 Å². The third-order valence-electron chi connectivity index (χ3n) is 5.31. The molecule has 0 atom stereocenters. The largest absolute Gasteiger partial charge is 0.493 e. The van der Waals surface area contributed by atoms with Gasteiger partial charge < -0.3 is 9.47 Å². The Bertz CT molecular complexity index is 1520. The number of methoxy groups -OCH3 is 1. The summed E-state index contributed by atoms with van der Waals surface area (Å²) in [6, 6.07) is 13.4. The molecule has 0 spiro atoms. The average Bonchev–Trinajstić information content (AvgIpc) is 2.86. The zero-order valence-electron chi connectivity index (χ0n) is 19.4. The Balaban J connectivity index is 1.72. The Hall–Kier alpha value is -2.56. The first-order valence-electron chi connectivity index (χ1n) is 11.0. The molecule has 0 aliphatic rings. The van der Waals surface area contributed by atoms with Crippen LogP contribution in [0.2, 0.25) is 0 Å². The quantitative estimate of drug-likeness (QED) is 0.184. The van der Waals surface area contributed by atoms with Crippen molar-refractivity contribution in [3.8, 4) is 11.5 Å². The predicted octanol–water partition coefficient (Wildman–Crippen LogP) is 7.25. The summed E-state index contributed by atoms with van der Waals surface area (Å²) in [5.41, 5.74) is 1.71. The lowest BCUT2D eigenvalue weighted by molar-refractivity contribution is 0.282. The first-order chi connectivity index (χ1) is 17.3. The van der Waals surface area contributed by atoms with Crippen molar-refractivity contribution in [1.82, 2.24) is 9.66 Å². The van der Waals surface area contributed by atoms with Gasteiger partial charge in [0, 0.05) is 20.9 Å². The van der Waals surface area contributed by atoms with Crippen LogP contribution in [0.5, 0.6) is 11.5 Å². The Labute approximate surface area is 232 Å². The molecule has 0 radical (unpaired) electrons. The minimum Gasteiger partial charge on any atom is -0.493 e. The molecule has 4 aromatic rings. The Morgan fingerprint density at radius 2 is 1.92 bits per heavy atom. The van der Waals surface area contributed by atoms with Crippen molar-refractivity contribution in [2.75, 3.05) is 7.11 Å². The van der Waals surface area contributed by atoms with Gasteiger partial charge >= 0.3 is 0 Å². The molecule has 0 unspecified atom stereocenters. The zero-order chi connectivity index (χ0) is 25.8. The second-order valence-corrected chi connectivity index (χ2v) is 10.3. The van der Waals surface area contributed by atoms with Crippen molar-refractivity contribution < 1.29 is 13.9 Å². The first kappa shape index (κ1) is 26.5. The Morgan fingerprint density at radius 1 is 1.11 bits per heavy atom. The highest BCUT2D eigenvalue weighted by molar-refractivity contribution is 9.13. The molecule has 0 bridgehead atoms. The van der Waals surface area contributed by atoms with Crippen molar-refractivity contribution in [3.63, 3.8) is 0 Å². The van der Waals surface area contributed by atoms with Crippen LogP contribution < -0.4 is 15.0 Å². The number of rotatable bonds is 8. The van der Waals surface area contributed by atoms with Crippen LogP contribution in [-0.2, 0) is 13.0 Å². The van der Waals surface area contributed by atoms with E-state index in [1.807, 2.05) is 19.1 Å². The molecule has 0 aliphatic carbocycles. The van der Waals surface area contributed by atoms with E-state index in [0.717, 1.165) is 10.9 Å². The highest BCUT2D eigenvalue weighted by atomic mass is 79.9. The van der Waals surface area contributed by atoms with Gasteiger partial charge in [-0.3, -0.25) is 4.79 Å². The summed E-state index contributed by atoms with van der Waals surface area (Å²) >= 11 is 10.6. The van der Waals surface area contributed by atoms with Crippen LogP contribution >= 0.6 is 47.8 Å². The van der Waals surface area contributed by atoms with Crippen molar-refractivity contribution in [1.29, 1.82) is 0 Å². The molecule has 6 nitrogen and oxygen atoms in total. The molecule has 3 aromatic carbocycles. The van der Waals surface area contributed by atoms with Gasteiger partial charge in [-0.05, 0) is 80.2 Å². The molecule has 0 amide bonds. The minimum absolute atomic E-state index is 0.153. The van der Waals surface area contributed by atoms with Crippen molar-refractivity contribution in [3.05, 3.63) is 95.1 Å². The van der Waals surface area contributed by atoms with Gasteiger partial charge in [-0.1, -0.05) is 35.0 Å². The van der Waals surface area contributed by atoms with Crippen molar-refractivity contribution in [2.45, 2.75) is 26.4 Å². The third kappa shape index (κ3) is 5.71. The normalized spacial score (nSPS) is 11.4. The summed E-state index contributed by atoms with van der Waals surface area (Å²) in [6.45, 7) is 2.17. The number of hydrogen-bond acceptors (Lipinski definition) is 5. The molecule has 0 saturated carbocycles. The highest BCUT2D eigenvalue weighted by Crippen LogP contribution is 2.42. The van der Waals surface area contributed by atoms with Crippen LogP contribution in [0.25, 0.3) is 10.9 Å². The number of hydrogen-bond donors (Lipinski definition) is 0. The smallest absolute Gasteiger partial charge is 0.282 e. The maximum Gasteiger partial charge on any atom is 0.282 e. The monoisotopic (exact) mass is 679 g/mol. The van der Waals surface area contributed by atoms with Gasteiger partial charge in [-0.15, -0.1) is 0 Å². The molecule has 4 rings (SSSR count). The molecule has 1 aromatic heterocycles. The van der Waals surface area contributed by atoms with Crippen molar-refractivity contribution in [2.24, 2.45) is 5.10 Å². The van der Waals surface area contributed by atoms with E-state index in [9.17, 15) is 9.18 Å². The number of aromatic nitrogens is 2. The fourth-order valence-electron chi connectivity index (χ4n) is 3.59. The SMILES string of the molecule is CCCc1nc2ccc(Br)cc2c(=O)n1N=Cc1cc(OC)c(OCc2cccc(F)c2)c(Br)c1Br. The maximum atomic E-state index is 13.5. The molecular weight excluding hydrogens is 661 g/mol. The van der Waals surface area contributed by atoms with Gasteiger partial charge in [-0.2, -0.15) is 9.78 Å². The zero-order valence-corrected chi connectivity index (χ0v) is 24.2. The number of fused-ring (bicyclic) bond motifs is 1. The van der Waals surface area contributed by atoms with Gasteiger partial charge in [0.05, 0.1) is 28.7 Å². The van der Waals surface area contributed by atoms with Crippen LogP contribution in [0.1, 0.15) is 30.3 Å². The van der Waals surface area contributed by atoms with Gasteiger partial charge in [0.15, 0.2) is 11.5 Å². The number of benzene rings is 3. The van der Waals surface area contributed by atoms with Gasteiger partial charge in [0.25, 0.3) is 5.56 Å². The van der Waals surface area contributed by atoms with E-state index in [4.69, 9.17) is 9.47 Å². The van der Waals surface area contributed by atoms with E-state index < -0.39 is 0 Å². The Morgan fingerprint density at radius 3 is 2.64 bits per heavy atom. The molecule has 0 aliphatic heterocycles. The van der Waals surface area contributed by atoms with Crippen LogP contribution in [0, 0.1) is 5.82 Å². The van der Waals surface area contributed by atoms with Crippen LogP contribution in [-0.4, -0.2) is 23.0 Å². The van der Waals surface area contributed by atoms with Gasteiger partial charge in [0.2, 0.25) is 0 Å². The minimum atomic E-state index is -0.330. The van der Waals surface area contributed by atoms with E-state index in [0.29, 0.717) is 54.7 Å². The molecule has 0 saturated heterocycles. The first-order valence-corrected chi connectivity index (χ1v) is 13.4. The van der Waals surface area contributed by atoms with Crippen molar-refractivity contribution >= 4 is 64.9 Å². The molecule has 36 heavy (non-hydrogen) atoms. The van der Waals surface area contributed by atoms with Crippen LogP contribution in [0.3, 0.4) is 0 Å². The predicted molar refractivity (Wildman–Crippen MR) is 150 cm³/mol. The van der Waals surface area contributed by atoms with Crippen LogP contribution in [0.15, 0.2) is 71.8 Å². The average molecular weight is 682 g/mol. The molecule has 0 fully saturated rings. The second kappa shape index (κ2) is 11.7. The topological polar surface area (TPSA) is 65.7 Å². The summed E-state index contributed by atoms with van der Waals surface area (Å²) in [7, 11) is 1.53. The standard InChI is InChI=1S/C26H21Br3FN3O3/c1-3-5-22-32-20-9-8-17(27)12-19(20)26(34)33(22)31-13-16-11-21(35-2)25(24(29)23(16)28)36-14-15-6-4-7-18(30)10-15/h4,6-13H,3,5,14H2,1-2H3. The summed E-state index contributed by atoms with van der Waals surface area (Å²) in [6.07, 6.45) is 2.98. The molecule has 186 valence electrons.